The van der Waals surface area contributed by atoms with Gasteiger partial charge in [0.2, 0.25) is 0 Å². The van der Waals surface area contributed by atoms with Crippen molar-refractivity contribution in [3.63, 3.8) is 0 Å². The fraction of sp³-hybridized carbons (Fsp3) is 0.455. The summed E-state index contributed by atoms with van der Waals surface area (Å²) in [4.78, 5) is 13.3. The van der Waals surface area contributed by atoms with Crippen molar-refractivity contribution in [1.82, 2.24) is 4.98 Å². The van der Waals surface area contributed by atoms with E-state index in [0.29, 0.717) is 6.47 Å². The Bertz CT molecular complexity index is 257. The van der Waals surface area contributed by atoms with Gasteiger partial charge in [0.1, 0.15) is 0 Å². The Labute approximate surface area is 84.1 Å². The molecule has 1 aromatic rings. The maximum atomic E-state index is 8.95. The highest BCUT2D eigenvalue weighted by atomic mass is 16.5. The van der Waals surface area contributed by atoms with Gasteiger partial charge in [-0.05, 0) is 25.0 Å². The standard InChI is InChI=1S/C9H11N.C2H4O2/c1-2-7-10-9(6-1)8-4-3-5-8;1-4-2-3/h1-2,6-8H,3-5H2;2H,1H3. The fourth-order valence-electron chi connectivity index (χ4n) is 1.32. The molecule has 1 aliphatic carbocycles. The Kier molecular flexibility index (Phi) is 4.69. The first-order chi connectivity index (χ1) is 6.88. The van der Waals surface area contributed by atoms with Crippen LogP contribution >= 0.6 is 0 Å². The second kappa shape index (κ2) is 6.13. The van der Waals surface area contributed by atoms with Gasteiger partial charge >= 0.3 is 0 Å². The van der Waals surface area contributed by atoms with Crippen molar-refractivity contribution in [3.8, 4) is 0 Å². The van der Waals surface area contributed by atoms with Crippen molar-refractivity contribution in [2.75, 3.05) is 7.11 Å². The van der Waals surface area contributed by atoms with E-state index < -0.39 is 0 Å². The van der Waals surface area contributed by atoms with Gasteiger partial charge in [-0.15, -0.1) is 0 Å². The number of ether oxygens (including phenoxy) is 1. The van der Waals surface area contributed by atoms with Gasteiger partial charge in [-0.3, -0.25) is 9.78 Å². The predicted octanol–water partition coefficient (Wildman–Crippen LogP) is 2.14. The molecule has 14 heavy (non-hydrogen) atoms. The molecule has 0 amide bonds. The summed E-state index contributed by atoms with van der Waals surface area (Å²) in [5.41, 5.74) is 1.29. The molecule has 1 fully saturated rings. The van der Waals surface area contributed by atoms with Gasteiger partial charge in [0.15, 0.2) is 0 Å². The lowest BCUT2D eigenvalue weighted by Gasteiger charge is -2.24. The second-order valence-electron chi connectivity index (χ2n) is 3.21. The van der Waals surface area contributed by atoms with Gasteiger partial charge in [-0.1, -0.05) is 12.5 Å². The van der Waals surface area contributed by atoms with E-state index in [4.69, 9.17) is 4.79 Å². The van der Waals surface area contributed by atoms with Gasteiger partial charge in [-0.2, -0.15) is 0 Å². The van der Waals surface area contributed by atoms with Crippen molar-refractivity contribution in [2.24, 2.45) is 0 Å². The van der Waals surface area contributed by atoms with Gasteiger partial charge < -0.3 is 4.74 Å². The van der Waals surface area contributed by atoms with E-state index >= 15 is 0 Å². The number of nitrogens with zero attached hydrogens (tertiary/aromatic N) is 1. The number of aromatic nitrogens is 1. The highest BCUT2D eigenvalue weighted by Gasteiger charge is 2.19. The molecule has 0 aromatic carbocycles. The first-order valence-electron chi connectivity index (χ1n) is 4.76. The molecule has 1 aliphatic rings. The molecule has 0 atom stereocenters. The van der Waals surface area contributed by atoms with E-state index in [1.807, 2.05) is 12.3 Å². The monoisotopic (exact) mass is 193 g/mol. The van der Waals surface area contributed by atoms with E-state index in [2.05, 4.69) is 21.9 Å². The van der Waals surface area contributed by atoms with Crippen molar-refractivity contribution in [3.05, 3.63) is 30.1 Å². The van der Waals surface area contributed by atoms with Crippen LogP contribution in [0.1, 0.15) is 30.9 Å². The highest BCUT2D eigenvalue weighted by molar-refractivity contribution is 5.36. The molecule has 3 nitrogen and oxygen atoms in total. The van der Waals surface area contributed by atoms with Crippen LogP contribution in [0.15, 0.2) is 24.4 Å². The minimum absolute atomic E-state index is 0.375. The Balaban J connectivity index is 0.000000213. The van der Waals surface area contributed by atoms with Crippen LogP contribution in [0.25, 0.3) is 0 Å². The van der Waals surface area contributed by atoms with Crippen molar-refractivity contribution in [1.29, 1.82) is 0 Å². The van der Waals surface area contributed by atoms with E-state index in [-0.39, 0.29) is 0 Å². The van der Waals surface area contributed by atoms with Crippen molar-refractivity contribution >= 4 is 6.47 Å². The molecule has 0 aliphatic heterocycles. The summed E-state index contributed by atoms with van der Waals surface area (Å²) >= 11 is 0. The number of carbonyl (C=O) groups excluding carboxylic acids is 1. The number of rotatable bonds is 2. The molecule has 3 heteroatoms. The average molecular weight is 193 g/mol. The average Bonchev–Trinajstić information content (AvgIpc) is 2.17. The third-order valence-electron chi connectivity index (χ3n) is 2.31. The van der Waals surface area contributed by atoms with Crippen LogP contribution in [0.4, 0.5) is 0 Å². The van der Waals surface area contributed by atoms with Crippen molar-refractivity contribution < 1.29 is 9.53 Å². The zero-order valence-electron chi connectivity index (χ0n) is 8.35. The quantitative estimate of drug-likeness (QED) is 0.675. The minimum atomic E-state index is 0.375. The maximum absolute atomic E-state index is 8.95. The summed E-state index contributed by atoms with van der Waals surface area (Å²) in [5.74, 6) is 0.779. The summed E-state index contributed by atoms with van der Waals surface area (Å²) in [6.45, 7) is 0.375. The molecule has 1 aromatic heterocycles. The van der Waals surface area contributed by atoms with Crippen molar-refractivity contribution in [2.45, 2.75) is 25.2 Å². The highest BCUT2D eigenvalue weighted by Crippen LogP contribution is 2.34. The molecule has 2 rings (SSSR count). The van der Waals surface area contributed by atoms with Gasteiger partial charge in [0, 0.05) is 17.8 Å². The lowest BCUT2D eigenvalue weighted by Crippen LogP contribution is -2.09. The predicted molar refractivity (Wildman–Crippen MR) is 53.9 cm³/mol. The SMILES string of the molecule is COC=O.c1ccc(C2CCC2)nc1. The Morgan fingerprint density at radius 3 is 2.57 bits per heavy atom. The zero-order valence-corrected chi connectivity index (χ0v) is 8.35. The lowest BCUT2D eigenvalue weighted by molar-refractivity contribution is -0.126. The summed E-state index contributed by atoms with van der Waals surface area (Å²) in [6.07, 6.45) is 5.96. The molecular formula is C11H15NO2. The fourth-order valence-corrected chi connectivity index (χ4v) is 1.32. The number of carbonyl (C=O) groups is 1. The molecule has 76 valence electrons. The summed E-state index contributed by atoms with van der Waals surface area (Å²) in [6, 6.07) is 6.17. The van der Waals surface area contributed by atoms with Crippen LogP contribution in [0.2, 0.25) is 0 Å². The van der Waals surface area contributed by atoms with Gasteiger partial charge in [-0.25, -0.2) is 0 Å². The van der Waals surface area contributed by atoms with E-state index in [1.54, 1.807) is 0 Å². The lowest BCUT2D eigenvalue weighted by atomic mass is 9.83. The number of methoxy groups -OCH3 is 1. The van der Waals surface area contributed by atoms with Gasteiger partial charge in [0.05, 0.1) is 7.11 Å². The molecule has 0 N–H and O–H groups in total. The smallest absolute Gasteiger partial charge is 0.292 e. The summed E-state index contributed by atoms with van der Waals surface area (Å²) < 4.78 is 3.86. The van der Waals surface area contributed by atoms with E-state index in [9.17, 15) is 0 Å². The molecule has 0 saturated heterocycles. The largest absolute Gasteiger partial charge is 0.471 e. The van der Waals surface area contributed by atoms with Crippen LogP contribution < -0.4 is 0 Å². The first-order valence-corrected chi connectivity index (χ1v) is 4.76. The summed E-state index contributed by atoms with van der Waals surface area (Å²) in [7, 11) is 1.31. The third kappa shape index (κ3) is 3.17. The summed E-state index contributed by atoms with van der Waals surface area (Å²) in [5, 5.41) is 0. The molecule has 0 unspecified atom stereocenters. The van der Waals surface area contributed by atoms with Crippen LogP contribution in [0, 0.1) is 0 Å². The van der Waals surface area contributed by atoms with E-state index in [1.165, 1.54) is 32.1 Å². The second-order valence-corrected chi connectivity index (χ2v) is 3.21. The Morgan fingerprint density at radius 1 is 1.50 bits per heavy atom. The third-order valence-corrected chi connectivity index (χ3v) is 2.31. The Hall–Kier alpha value is -1.38. The normalized spacial score (nSPS) is 14.6. The number of hydrogen-bond donors (Lipinski definition) is 0. The van der Waals surface area contributed by atoms with Crippen LogP contribution in [0.5, 0.6) is 0 Å². The van der Waals surface area contributed by atoms with E-state index in [0.717, 1.165) is 5.92 Å². The maximum Gasteiger partial charge on any atom is 0.292 e. The number of hydrogen-bond acceptors (Lipinski definition) is 3. The number of pyridine rings is 1. The first kappa shape index (κ1) is 10.7. The molecule has 0 radical (unpaired) electrons. The molecular weight excluding hydrogens is 178 g/mol. The van der Waals surface area contributed by atoms with Gasteiger partial charge in [0.25, 0.3) is 6.47 Å². The minimum Gasteiger partial charge on any atom is -0.471 e. The van der Waals surface area contributed by atoms with Crippen LogP contribution in [-0.4, -0.2) is 18.6 Å². The zero-order chi connectivity index (χ0) is 10.2. The topological polar surface area (TPSA) is 39.2 Å². The molecule has 0 bridgehead atoms. The molecule has 1 saturated carbocycles. The van der Waals surface area contributed by atoms with Crippen LogP contribution in [-0.2, 0) is 9.53 Å². The molecule has 1 heterocycles. The van der Waals surface area contributed by atoms with Crippen LogP contribution in [0.3, 0.4) is 0 Å². The molecule has 0 spiro atoms. The Morgan fingerprint density at radius 2 is 2.21 bits per heavy atom.